The number of aromatic hydroxyl groups is 1. The summed E-state index contributed by atoms with van der Waals surface area (Å²) in [5.74, 6) is 0.612. The molecular weight excluding hydrogens is 220 g/mol. The zero-order chi connectivity index (χ0) is 12.1. The first kappa shape index (κ1) is 12.2. The molecule has 4 heteroatoms. The first-order chi connectivity index (χ1) is 8.29. The molecule has 0 amide bonds. The van der Waals surface area contributed by atoms with Crippen LogP contribution in [0.25, 0.3) is 0 Å². The minimum absolute atomic E-state index is 0.104. The third kappa shape index (κ3) is 3.35. The molecule has 1 unspecified atom stereocenters. The van der Waals surface area contributed by atoms with E-state index >= 15 is 0 Å². The van der Waals surface area contributed by atoms with Crippen molar-refractivity contribution in [1.29, 1.82) is 0 Å². The summed E-state index contributed by atoms with van der Waals surface area (Å²) in [6, 6.07) is 5.26. The second-order valence-electron chi connectivity index (χ2n) is 4.11. The number of hydrogen-bond donors (Lipinski definition) is 1. The van der Waals surface area contributed by atoms with Crippen molar-refractivity contribution in [2.24, 2.45) is 0 Å². The highest BCUT2D eigenvalue weighted by atomic mass is 16.7. The van der Waals surface area contributed by atoms with Gasteiger partial charge in [-0.25, -0.2) is 0 Å². The van der Waals surface area contributed by atoms with Crippen LogP contribution in [0.1, 0.15) is 24.8 Å². The Labute approximate surface area is 101 Å². The molecule has 0 spiro atoms. The molecule has 1 aromatic rings. The maximum Gasteiger partial charge on any atom is 0.160 e. The van der Waals surface area contributed by atoms with Crippen LogP contribution in [-0.2, 0) is 16.1 Å². The smallest absolute Gasteiger partial charge is 0.160 e. The summed E-state index contributed by atoms with van der Waals surface area (Å²) in [5.41, 5.74) is 0.914. The van der Waals surface area contributed by atoms with E-state index in [1.807, 2.05) is 6.07 Å². The molecule has 0 aromatic heterocycles. The van der Waals surface area contributed by atoms with Crippen LogP contribution in [-0.4, -0.2) is 25.1 Å². The van der Waals surface area contributed by atoms with Gasteiger partial charge < -0.3 is 19.3 Å². The summed E-state index contributed by atoms with van der Waals surface area (Å²) < 4.78 is 16.1. The molecule has 1 heterocycles. The zero-order valence-electron chi connectivity index (χ0n) is 10.0. The third-order valence-electron chi connectivity index (χ3n) is 2.82. The van der Waals surface area contributed by atoms with Crippen molar-refractivity contribution in [3.8, 4) is 11.5 Å². The van der Waals surface area contributed by atoms with Gasteiger partial charge in [0.25, 0.3) is 0 Å². The van der Waals surface area contributed by atoms with E-state index in [4.69, 9.17) is 14.2 Å². The Morgan fingerprint density at radius 3 is 2.94 bits per heavy atom. The molecule has 1 fully saturated rings. The van der Waals surface area contributed by atoms with Crippen LogP contribution in [0.3, 0.4) is 0 Å². The minimum Gasteiger partial charge on any atom is -0.504 e. The number of methoxy groups -OCH3 is 1. The van der Waals surface area contributed by atoms with E-state index in [1.54, 1.807) is 12.1 Å². The van der Waals surface area contributed by atoms with Gasteiger partial charge in [-0.15, -0.1) is 0 Å². The van der Waals surface area contributed by atoms with E-state index in [9.17, 15) is 5.11 Å². The molecule has 1 aliphatic rings. The van der Waals surface area contributed by atoms with Crippen molar-refractivity contribution < 1.29 is 19.3 Å². The lowest BCUT2D eigenvalue weighted by atomic mass is 10.2. The van der Waals surface area contributed by atoms with Crippen molar-refractivity contribution in [3.63, 3.8) is 0 Å². The minimum atomic E-state index is -0.104. The summed E-state index contributed by atoms with van der Waals surface area (Å²) in [5, 5.41) is 9.62. The molecule has 1 saturated heterocycles. The molecule has 1 aromatic carbocycles. The van der Waals surface area contributed by atoms with Gasteiger partial charge in [0, 0.05) is 6.61 Å². The van der Waals surface area contributed by atoms with Crippen LogP contribution in [0.2, 0.25) is 0 Å². The molecule has 2 rings (SSSR count). The summed E-state index contributed by atoms with van der Waals surface area (Å²) in [6.07, 6.45) is 3.11. The van der Waals surface area contributed by atoms with Crippen LogP contribution in [0, 0.1) is 0 Å². The lowest BCUT2D eigenvalue weighted by Gasteiger charge is -2.22. The van der Waals surface area contributed by atoms with Gasteiger partial charge in [-0.3, -0.25) is 0 Å². The lowest BCUT2D eigenvalue weighted by Crippen LogP contribution is -2.21. The molecule has 0 radical (unpaired) electrons. The molecule has 0 saturated carbocycles. The quantitative estimate of drug-likeness (QED) is 0.875. The third-order valence-corrected chi connectivity index (χ3v) is 2.82. The maximum atomic E-state index is 9.62. The fourth-order valence-corrected chi connectivity index (χ4v) is 1.86. The van der Waals surface area contributed by atoms with Crippen molar-refractivity contribution >= 4 is 0 Å². The highest BCUT2D eigenvalue weighted by molar-refractivity contribution is 5.41. The van der Waals surface area contributed by atoms with Gasteiger partial charge in [-0.2, -0.15) is 0 Å². The monoisotopic (exact) mass is 238 g/mol. The number of phenols is 1. The van der Waals surface area contributed by atoms with Gasteiger partial charge in [0.15, 0.2) is 17.8 Å². The normalized spacial score (nSPS) is 20.2. The van der Waals surface area contributed by atoms with Crippen LogP contribution >= 0.6 is 0 Å². The number of phenolic OH excluding ortho intramolecular Hbond substituents is 1. The van der Waals surface area contributed by atoms with Crippen molar-refractivity contribution in [2.45, 2.75) is 32.2 Å². The van der Waals surface area contributed by atoms with E-state index in [-0.39, 0.29) is 12.0 Å². The highest BCUT2D eigenvalue weighted by Crippen LogP contribution is 2.27. The molecule has 1 aliphatic heterocycles. The van der Waals surface area contributed by atoms with Crippen LogP contribution < -0.4 is 4.74 Å². The Morgan fingerprint density at radius 1 is 1.41 bits per heavy atom. The number of ether oxygens (including phenoxy) is 3. The van der Waals surface area contributed by atoms with E-state index < -0.39 is 0 Å². The molecule has 4 nitrogen and oxygen atoms in total. The molecule has 1 atom stereocenters. The van der Waals surface area contributed by atoms with Crippen LogP contribution in [0.15, 0.2) is 18.2 Å². The average Bonchev–Trinajstić information content (AvgIpc) is 2.38. The summed E-state index contributed by atoms with van der Waals surface area (Å²) in [6.45, 7) is 1.22. The van der Waals surface area contributed by atoms with Crippen molar-refractivity contribution in [1.82, 2.24) is 0 Å². The molecule has 1 N–H and O–H groups in total. The van der Waals surface area contributed by atoms with E-state index in [0.717, 1.165) is 31.4 Å². The Bertz CT molecular complexity index is 358. The second-order valence-corrected chi connectivity index (χ2v) is 4.11. The molecule has 17 heavy (non-hydrogen) atoms. The standard InChI is InChI=1S/C13H18O4/c1-15-12-6-5-10(8-11(12)14)9-17-13-4-2-3-7-16-13/h5-6,8,13-14H,2-4,7,9H2,1H3. The molecule has 94 valence electrons. The van der Waals surface area contributed by atoms with Crippen LogP contribution in [0.5, 0.6) is 11.5 Å². The predicted molar refractivity (Wildman–Crippen MR) is 63.0 cm³/mol. The topological polar surface area (TPSA) is 47.9 Å². The Morgan fingerprint density at radius 2 is 2.29 bits per heavy atom. The SMILES string of the molecule is COc1ccc(COC2CCCCO2)cc1O. The van der Waals surface area contributed by atoms with Gasteiger partial charge in [-0.1, -0.05) is 6.07 Å². The highest BCUT2D eigenvalue weighted by Gasteiger charge is 2.14. The first-order valence-corrected chi connectivity index (χ1v) is 5.88. The fourth-order valence-electron chi connectivity index (χ4n) is 1.86. The number of hydrogen-bond acceptors (Lipinski definition) is 4. The van der Waals surface area contributed by atoms with Gasteiger partial charge in [0.05, 0.1) is 13.7 Å². The van der Waals surface area contributed by atoms with Gasteiger partial charge in [0.1, 0.15) is 0 Å². The Balaban J connectivity index is 1.87. The summed E-state index contributed by atoms with van der Waals surface area (Å²) in [4.78, 5) is 0. The van der Waals surface area contributed by atoms with Gasteiger partial charge in [0.2, 0.25) is 0 Å². The van der Waals surface area contributed by atoms with E-state index in [2.05, 4.69) is 0 Å². The van der Waals surface area contributed by atoms with Crippen LogP contribution in [0.4, 0.5) is 0 Å². The first-order valence-electron chi connectivity index (χ1n) is 5.88. The predicted octanol–water partition coefficient (Wildman–Crippen LogP) is 2.44. The van der Waals surface area contributed by atoms with Crippen molar-refractivity contribution in [2.75, 3.05) is 13.7 Å². The van der Waals surface area contributed by atoms with E-state index in [1.165, 1.54) is 7.11 Å². The summed E-state index contributed by atoms with van der Waals surface area (Å²) >= 11 is 0. The zero-order valence-corrected chi connectivity index (χ0v) is 10.0. The maximum absolute atomic E-state index is 9.62. The largest absolute Gasteiger partial charge is 0.504 e. The Kier molecular flexibility index (Phi) is 4.23. The fraction of sp³-hybridized carbons (Fsp3) is 0.538. The summed E-state index contributed by atoms with van der Waals surface area (Å²) in [7, 11) is 1.53. The lowest BCUT2D eigenvalue weighted by molar-refractivity contribution is -0.168. The molecule has 0 aliphatic carbocycles. The van der Waals surface area contributed by atoms with E-state index in [0.29, 0.717) is 12.4 Å². The van der Waals surface area contributed by atoms with Gasteiger partial charge in [-0.05, 0) is 37.0 Å². The number of rotatable bonds is 4. The molecular formula is C13H18O4. The van der Waals surface area contributed by atoms with Crippen molar-refractivity contribution in [3.05, 3.63) is 23.8 Å². The Hall–Kier alpha value is -1.26. The number of benzene rings is 1. The van der Waals surface area contributed by atoms with Gasteiger partial charge >= 0.3 is 0 Å². The molecule has 0 bridgehead atoms. The average molecular weight is 238 g/mol. The second kappa shape index (κ2) is 5.89.